The molecule has 0 aliphatic carbocycles. The molecule has 1 aliphatic heterocycles. The van der Waals surface area contributed by atoms with Gasteiger partial charge in [-0.3, -0.25) is 0 Å². The number of aliphatic hydroxyl groups is 1. The fourth-order valence-electron chi connectivity index (χ4n) is 2.45. The summed E-state index contributed by atoms with van der Waals surface area (Å²) in [6, 6.07) is 7.39. The largest absolute Gasteiger partial charge is 0.508 e. The quantitative estimate of drug-likeness (QED) is 0.510. The van der Waals surface area contributed by atoms with Crippen LogP contribution in [0.25, 0.3) is 0 Å². The number of phenolic OH excluding ortho intramolecular Hbond substituents is 4. The van der Waals surface area contributed by atoms with E-state index in [0.717, 1.165) is 0 Å². The van der Waals surface area contributed by atoms with Gasteiger partial charge >= 0.3 is 0 Å². The van der Waals surface area contributed by atoms with Crippen LogP contribution in [0.1, 0.15) is 17.2 Å². The molecule has 1 heterocycles. The van der Waals surface area contributed by atoms with E-state index in [0.29, 0.717) is 5.56 Å². The van der Waals surface area contributed by atoms with Crippen molar-refractivity contribution in [3.05, 3.63) is 41.5 Å². The van der Waals surface area contributed by atoms with Crippen molar-refractivity contribution in [1.29, 1.82) is 0 Å². The molecule has 6 heteroatoms. The molecule has 2 aromatic rings. The zero-order valence-electron chi connectivity index (χ0n) is 10.9. The molecule has 0 fully saturated rings. The maximum atomic E-state index is 10.2. The van der Waals surface area contributed by atoms with Gasteiger partial charge in [0.1, 0.15) is 17.6 Å². The van der Waals surface area contributed by atoms with Crippen LogP contribution in [0.4, 0.5) is 0 Å². The Morgan fingerprint density at radius 2 is 1.62 bits per heavy atom. The maximum Gasteiger partial charge on any atom is 0.200 e. The number of ether oxygens (including phenoxy) is 1. The summed E-state index contributed by atoms with van der Waals surface area (Å²) >= 11 is 0. The van der Waals surface area contributed by atoms with E-state index in [1.54, 1.807) is 12.1 Å². The molecule has 0 saturated heterocycles. The van der Waals surface area contributed by atoms with Gasteiger partial charge in [-0.15, -0.1) is 0 Å². The molecule has 6 nitrogen and oxygen atoms in total. The van der Waals surface area contributed by atoms with Gasteiger partial charge in [0.25, 0.3) is 0 Å². The van der Waals surface area contributed by atoms with Crippen molar-refractivity contribution in [1.82, 2.24) is 0 Å². The summed E-state index contributed by atoms with van der Waals surface area (Å²) in [7, 11) is 0. The highest BCUT2D eigenvalue weighted by Gasteiger charge is 2.33. The molecule has 2 aromatic carbocycles. The van der Waals surface area contributed by atoms with Crippen LogP contribution in [-0.4, -0.2) is 31.6 Å². The first-order chi connectivity index (χ1) is 9.97. The lowest BCUT2D eigenvalue weighted by atomic mass is 9.94. The first-order valence-electron chi connectivity index (χ1n) is 6.37. The van der Waals surface area contributed by atoms with Crippen molar-refractivity contribution < 1.29 is 30.3 Å². The molecular formula is C15H14O6. The van der Waals surface area contributed by atoms with Crippen molar-refractivity contribution in [2.24, 2.45) is 0 Å². The fraction of sp³-hybridized carbons (Fsp3) is 0.200. The number of hydrogen-bond acceptors (Lipinski definition) is 6. The van der Waals surface area contributed by atoms with Gasteiger partial charge in [-0.1, -0.05) is 12.1 Å². The molecular weight excluding hydrogens is 276 g/mol. The van der Waals surface area contributed by atoms with Crippen LogP contribution in [0.3, 0.4) is 0 Å². The second-order valence-corrected chi connectivity index (χ2v) is 4.97. The topological polar surface area (TPSA) is 110 Å². The standard InChI is InChI=1S/C15H14O6/c16-8-3-1-7(2-4-8)15-11(18)5-9-12(21-15)6-10(17)14(20)13(9)19/h1-4,6,11,15-20H,5H2/t11-,15-/m1/s1. The zero-order chi connectivity index (χ0) is 15.1. The van der Waals surface area contributed by atoms with Gasteiger partial charge in [-0.05, 0) is 17.7 Å². The molecule has 2 atom stereocenters. The number of aromatic hydroxyl groups is 4. The Hall–Kier alpha value is -2.60. The van der Waals surface area contributed by atoms with Gasteiger partial charge in [-0.25, -0.2) is 0 Å². The van der Waals surface area contributed by atoms with Crippen LogP contribution in [0.2, 0.25) is 0 Å². The lowest BCUT2D eigenvalue weighted by molar-refractivity contribution is 0.0196. The van der Waals surface area contributed by atoms with Crippen LogP contribution in [-0.2, 0) is 6.42 Å². The lowest BCUT2D eigenvalue weighted by Gasteiger charge is -2.31. The molecule has 0 spiro atoms. The Morgan fingerprint density at radius 3 is 2.29 bits per heavy atom. The van der Waals surface area contributed by atoms with Gasteiger partial charge in [0, 0.05) is 18.1 Å². The van der Waals surface area contributed by atoms with E-state index in [1.165, 1.54) is 18.2 Å². The second-order valence-electron chi connectivity index (χ2n) is 4.97. The van der Waals surface area contributed by atoms with E-state index in [2.05, 4.69) is 0 Å². The molecule has 0 amide bonds. The lowest BCUT2D eigenvalue weighted by Crippen LogP contribution is -2.30. The number of benzene rings is 2. The number of fused-ring (bicyclic) bond motifs is 1. The van der Waals surface area contributed by atoms with E-state index in [-0.39, 0.29) is 23.5 Å². The van der Waals surface area contributed by atoms with Crippen molar-refractivity contribution >= 4 is 0 Å². The van der Waals surface area contributed by atoms with Gasteiger partial charge in [0.2, 0.25) is 5.75 Å². The van der Waals surface area contributed by atoms with E-state index in [1.807, 2.05) is 0 Å². The maximum absolute atomic E-state index is 10.2. The van der Waals surface area contributed by atoms with Gasteiger partial charge in [-0.2, -0.15) is 0 Å². The SMILES string of the molecule is Oc1ccc([C@H]2Oc3cc(O)c(O)c(O)c3C[C@H]2O)cc1. The Balaban J connectivity index is 2.00. The Bertz CT molecular complexity index is 680. The van der Waals surface area contributed by atoms with E-state index in [4.69, 9.17) is 4.74 Å². The molecule has 0 aromatic heterocycles. The molecule has 21 heavy (non-hydrogen) atoms. The summed E-state index contributed by atoms with van der Waals surface area (Å²) in [5.74, 6) is -1.32. The summed E-state index contributed by atoms with van der Waals surface area (Å²) < 4.78 is 5.62. The van der Waals surface area contributed by atoms with Crippen LogP contribution < -0.4 is 4.74 Å². The second kappa shape index (κ2) is 4.75. The summed E-state index contributed by atoms with van der Waals surface area (Å²) in [6.45, 7) is 0. The summed E-state index contributed by atoms with van der Waals surface area (Å²) in [4.78, 5) is 0. The van der Waals surface area contributed by atoms with Gasteiger partial charge in [0.05, 0.1) is 6.10 Å². The third-order valence-corrected chi connectivity index (χ3v) is 3.56. The highest BCUT2D eigenvalue weighted by molar-refractivity contribution is 5.60. The average Bonchev–Trinajstić information content (AvgIpc) is 2.47. The summed E-state index contributed by atoms with van der Waals surface area (Å²) in [5, 5.41) is 48.3. The highest BCUT2D eigenvalue weighted by atomic mass is 16.5. The van der Waals surface area contributed by atoms with Crippen molar-refractivity contribution in [2.45, 2.75) is 18.6 Å². The average molecular weight is 290 g/mol. The van der Waals surface area contributed by atoms with E-state index < -0.39 is 29.5 Å². The third kappa shape index (κ3) is 2.19. The van der Waals surface area contributed by atoms with Crippen LogP contribution in [0, 0.1) is 0 Å². The van der Waals surface area contributed by atoms with Crippen molar-refractivity contribution in [3.8, 4) is 28.7 Å². The van der Waals surface area contributed by atoms with Crippen LogP contribution >= 0.6 is 0 Å². The summed E-state index contributed by atoms with van der Waals surface area (Å²) in [5.41, 5.74) is 0.894. The molecule has 3 rings (SSSR count). The predicted molar refractivity (Wildman–Crippen MR) is 72.6 cm³/mol. The van der Waals surface area contributed by atoms with E-state index >= 15 is 0 Å². The minimum Gasteiger partial charge on any atom is -0.508 e. The normalized spacial score (nSPS) is 20.6. The molecule has 110 valence electrons. The van der Waals surface area contributed by atoms with Crippen LogP contribution in [0.15, 0.2) is 30.3 Å². The van der Waals surface area contributed by atoms with E-state index in [9.17, 15) is 25.5 Å². The molecule has 0 saturated carbocycles. The molecule has 1 aliphatic rings. The first kappa shape index (κ1) is 13.4. The van der Waals surface area contributed by atoms with Gasteiger partial charge in [0.15, 0.2) is 11.5 Å². The fourth-order valence-corrected chi connectivity index (χ4v) is 2.45. The number of aliphatic hydroxyl groups excluding tert-OH is 1. The predicted octanol–water partition coefficient (Wildman–Crippen LogP) is 1.55. The van der Waals surface area contributed by atoms with Crippen LogP contribution in [0.5, 0.6) is 28.7 Å². The zero-order valence-corrected chi connectivity index (χ0v) is 10.9. The molecule has 0 unspecified atom stereocenters. The minimum absolute atomic E-state index is 0.0700. The first-order valence-corrected chi connectivity index (χ1v) is 6.37. The Morgan fingerprint density at radius 1 is 0.952 bits per heavy atom. The van der Waals surface area contributed by atoms with Crippen molar-refractivity contribution in [3.63, 3.8) is 0 Å². The number of phenols is 4. The minimum atomic E-state index is -0.933. The van der Waals surface area contributed by atoms with Crippen molar-refractivity contribution in [2.75, 3.05) is 0 Å². The monoisotopic (exact) mass is 290 g/mol. The molecule has 0 bridgehead atoms. The smallest absolute Gasteiger partial charge is 0.200 e. The Kier molecular flexibility index (Phi) is 3.03. The molecule has 5 N–H and O–H groups in total. The summed E-state index contributed by atoms with van der Waals surface area (Å²) in [6.07, 6.45) is -1.56. The Labute approximate surface area is 120 Å². The van der Waals surface area contributed by atoms with Gasteiger partial charge < -0.3 is 30.3 Å². The number of hydrogen-bond donors (Lipinski definition) is 5. The highest BCUT2D eigenvalue weighted by Crippen LogP contribution is 2.47. The third-order valence-electron chi connectivity index (χ3n) is 3.56. The molecule has 0 radical (unpaired) electrons. The number of rotatable bonds is 1.